The van der Waals surface area contributed by atoms with Crippen molar-refractivity contribution in [2.24, 2.45) is 0 Å². The number of piperidine rings is 1. The molecule has 0 bridgehead atoms. The van der Waals surface area contributed by atoms with Crippen LogP contribution in [0.15, 0.2) is 18.2 Å². The van der Waals surface area contributed by atoms with Crippen LogP contribution < -0.4 is 4.74 Å². The molecule has 170 valence electrons. The summed E-state index contributed by atoms with van der Waals surface area (Å²) in [5.41, 5.74) is 0.982. The number of likely N-dealkylation sites (N-methyl/N-ethyl adjacent to an activating group) is 1. The van der Waals surface area contributed by atoms with E-state index in [-0.39, 0.29) is 6.04 Å². The number of sulfonamides is 1. The zero-order valence-corrected chi connectivity index (χ0v) is 19.3. The Balaban J connectivity index is 1.63. The smallest absolute Gasteiger partial charge is 0.213 e. The first-order valence-corrected chi connectivity index (χ1v) is 12.7. The lowest BCUT2D eigenvalue weighted by Gasteiger charge is -2.44. The van der Waals surface area contributed by atoms with Gasteiger partial charge < -0.3 is 9.47 Å². The third kappa shape index (κ3) is 6.62. The second kappa shape index (κ2) is 10.9. The summed E-state index contributed by atoms with van der Waals surface area (Å²) in [6.45, 7) is 5.36. The van der Waals surface area contributed by atoms with Crippen molar-refractivity contribution in [2.45, 2.75) is 44.3 Å². The summed E-state index contributed by atoms with van der Waals surface area (Å²) in [7, 11) is 0.584. The van der Waals surface area contributed by atoms with Gasteiger partial charge in [-0.05, 0) is 38.8 Å². The van der Waals surface area contributed by atoms with Crippen LogP contribution in [0, 0.1) is 0 Å². The lowest BCUT2D eigenvalue weighted by Crippen LogP contribution is -2.55. The molecule has 1 unspecified atom stereocenters. The molecule has 2 aliphatic rings. The molecule has 0 saturated carbocycles. The summed E-state index contributed by atoms with van der Waals surface area (Å²) in [4.78, 5) is 9.33. The number of rotatable bonds is 9. The molecule has 3 heterocycles. The van der Waals surface area contributed by atoms with Gasteiger partial charge in [-0.1, -0.05) is 6.07 Å². The minimum Gasteiger partial charge on any atom is -0.481 e. The summed E-state index contributed by atoms with van der Waals surface area (Å²) >= 11 is 0. The van der Waals surface area contributed by atoms with E-state index in [4.69, 9.17) is 9.47 Å². The molecule has 0 radical (unpaired) electrons. The SMILES string of the molecule is COc1cccc(CN(C)CCN(C2CCOCC2)C2CCCN(S(C)(=O)=O)C2)n1. The van der Waals surface area contributed by atoms with Gasteiger partial charge in [-0.3, -0.25) is 9.80 Å². The van der Waals surface area contributed by atoms with Crippen LogP contribution in [0.4, 0.5) is 0 Å². The molecule has 0 amide bonds. The molecule has 0 aliphatic carbocycles. The molecule has 0 N–H and O–H groups in total. The minimum atomic E-state index is -3.15. The number of hydrogen-bond donors (Lipinski definition) is 0. The van der Waals surface area contributed by atoms with Gasteiger partial charge in [0.15, 0.2) is 0 Å². The van der Waals surface area contributed by atoms with Crippen LogP contribution in [-0.2, 0) is 21.3 Å². The van der Waals surface area contributed by atoms with E-state index >= 15 is 0 Å². The van der Waals surface area contributed by atoms with E-state index < -0.39 is 10.0 Å². The van der Waals surface area contributed by atoms with Crippen molar-refractivity contribution in [3.8, 4) is 5.88 Å². The molecule has 2 aliphatic heterocycles. The first kappa shape index (κ1) is 23.4. The van der Waals surface area contributed by atoms with Gasteiger partial charge in [0, 0.05) is 64.1 Å². The Morgan fingerprint density at radius 2 is 1.97 bits per heavy atom. The molecule has 2 fully saturated rings. The first-order valence-electron chi connectivity index (χ1n) is 10.8. The number of aromatic nitrogens is 1. The Labute approximate surface area is 181 Å². The Morgan fingerprint density at radius 1 is 1.20 bits per heavy atom. The molecule has 3 rings (SSSR count). The van der Waals surface area contributed by atoms with Crippen molar-refractivity contribution in [1.82, 2.24) is 19.1 Å². The van der Waals surface area contributed by atoms with Crippen LogP contribution in [0.3, 0.4) is 0 Å². The summed E-state index contributed by atoms with van der Waals surface area (Å²) in [5.74, 6) is 0.632. The maximum absolute atomic E-state index is 12.1. The average Bonchev–Trinajstić information content (AvgIpc) is 2.74. The molecule has 0 aromatic carbocycles. The first-order chi connectivity index (χ1) is 14.4. The Kier molecular flexibility index (Phi) is 8.47. The van der Waals surface area contributed by atoms with Crippen molar-refractivity contribution in [1.29, 1.82) is 0 Å². The van der Waals surface area contributed by atoms with Gasteiger partial charge in [-0.2, -0.15) is 0 Å². The van der Waals surface area contributed by atoms with Crippen LogP contribution >= 0.6 is 0 Å². The summed E-state index contributed by atoms with van der Waals surface area (Å²) < 4.78 is 36.7. The fourth-order valence-corrected chi connectivity index (χ4v) is 5.38. The second-order valence-corrected chi connectivity index (χ2v) is 10.4. The third-order valence-electron chi connectivity index (χ3n) is 6.12. The normalized spacial score (nSPS) is 22.0. The van der Waals surface area contributed by atoms with Crippen molar-refractivity contribution in [3.05, 3.63) is 23.9 Å². The van der Waals surface area contributed by atoms with Crippen molar-refractivity contribution in [2.75, 3.05) is 59.8 Å². The highest BCUT2D eigenvalue weighted by Crippen LogP contribution is 2.24. The topological polar surface area (TPSA) is 75.2 Å². The molecule has 0 spiro atoms. The fraction of sp³-hybridized carbons (Fsp3) is 0.762. The van der Waals surface area contributed by atoms with Gasteiger partial charge in [0.05, 0.1) is 19.1 Å². The molecular weight excluding hydrogens is 404 g/mol. The zero-order valence-electron chi connectivity index (χ0n) is 18.5. The van der Waals surface area contributed by atoms with Gasteiger partial charge in [-0.15, -0.1) is 0 Å². The van der Waals surface area contributed by atoms with Crippen molar-refractivity contribution < 1.29 is 17.9 Å². The van der Waals surface area contributed by atoms with E-state index in [2.05, 4.69) is 21.8 Å². The minimum absolute atomic E-state index is 0.264. The Bertz CT molecular complexity index is 770. The summed E-state index contributed by atoms with van der Waals surface area (Å²) in [5, 5.41) is 0. The Morgan fingerprint density at radius 3 is 2.67 bits per heavy atom. The van der Waals surface area contributed by atoms with Crippen LogP contribution in [0.5, 0.6) is 5.88 Å². The zero-order chi connectivity index (χ0) is 21.6. The Hall–Kier alpha value is -1.26. The van der Waals surface area contributed by atoms with E-state index in [1.54, 1.807) is 11.4 Å². The second-order valence-electron chi connectivity index (χ2n) is 8.41. The van der Waals surface area contributed by atoms with Crippen LogP contribution in [0.25, 0.3) is 0 Å². The molecule has 1 aromatic heterocycles. The summed E-state index contributed by atoms with van der Waals surface area (Å²) in [6.07, 6.45) is 5.31. The van der Waals surface area contributed by atoms with Gasteiger partial charge in [0.25, 0.3) is 0 Å². The molecular formula is C21H36N4O4S. The van der Waals surface area contributed by atoms with Crippen LogP contribution in [-0.4, -0.2) is 99.4 Å². The third-order valence-corrected chi connectivity index (χ3v) is 7.39. The molecule has 1 atom stereocenters. The van der Waals surface area contributed by atoms with Gasteiger partial charge in [-0.25, -0.2) is 17.7 Å². The lowest BCUT2D eigenvalue weighted by molar-refractivity contribution is 0.00271. The monoisotopic (exact) mass is 440 g/mol. The van der Waals surface area contributed by atoms with Crippen LogP contribution in [0.2, 0.25) is 0 Å². The number of nitrogens with zero attached hydrogens (tertiary/aromatic N) is 4. The largest absolute Gasteiger partial charge is 0.481 e. The number of hydrogen-bond acceptors (Lipinski definition) is 7. The molecule has 9 heteroatoms. The van der Waals surface area contributed by atoms with Gasteiger partial charge in [0.1, 0.15) is 0 Å². The standard InChI is InChI=1S/C21H36N4O4S/c1-23(16-18-6-4-8-21(22-18)28-2)12-13-25(19-9-14-29-15-10-19)20-7-5-11-24(17-20)30(3,26)27/h4,6,8,19-20H,5,7,9-17H2,1-3H3. The highest BCUT2D eigenvalue weighted by atomic mass is 32.2. The average molecular weight is 441 g/mol. The maximum Gasteiger partial charge on any atom is 0.213 e. The maximum atomic E-state index is 12.1. The van der Waals surface area contributed by atoms with E-state index in [1.165, 1.54) is 6.26 Å². The predicted octanol–water partition coefficient (Wildman–Crippen LogP) is 1.43. The molecule has 2 saturated heterocycles. The van der Waals surface area contributed by atoms with Crippen molar-refractivity contribution in [3.63, 3.8) is 0 Å². The lowest BCUT2D eigenvalue weighted by atomic mass is 9.99. The van der Waals surface area contributed by atoms with Crippen LogP contribution in [0.1, 0.15) is 31.4 Å². The number of pyridine rings is 1. The predicted molar refractivity (Wildman–Crippen MR) is 117 cm³/mol. The van der Waals surface area contributed by atoms with Crippen molar-refractivity contribution >= 4 is 10.0 Å². The summed E-state index contributed by atoms with van der Waals surface area (Å²) in [6, 6.07) is 6.55. The van der Waals surface area contributed by atoms with Gasteiger partial charge >= 0.3 is 0 Å². The quantitative estimate of drug-likeness (QED) is 0.575. The molecule has 8 nitrogen and oxygen atoms in total. The van der Waals surface area contributed by atoms with E-state index in [1.807, 2.05) is 18.2 Å². The van der Waals surface area contributed by atoms with Gasteiger partial charge in [0.2, 0.25) is 15.9 Å². The number of ether oxygens (including phenoxy) is 2. The van der Waals surface area contributed by atoms with E-state index in [0.717, 1.165) is 64.2 Å². The highest BCUT2D eigenvalue weighted by molar-refractivity contribution is 7.88. The molecule has 30 heavy (non-hydrogen) atoms. The highest BCUT2D eigenvalue weighted by Gasteiger charge is 2.33. The number of methoxy groups -OCH3 is 1. The van der Waals surface area contributed by atoms with E-state index in [0.29, 0.717) is 25.0 Å². The fourth-order valence-electron chi connectivity index (χ4n) is 4.47. The molecule has 1 aromatic rings. The van der Waals surface area contributed by atoms with E-state index in [9.17, 15) is 8.42 Å².